The van der Waals surface area contributed by atoms with E-state index in [-0.39, 0.29) is 17.6 Å². The molecule has 4 aromatic rings. The highest BCUT2D eigenvalue weighted by Crippen LogP contribution is 2.36. The minimum absolute atomic E-state index is 0.00633. The van der Waals surface area contributed by atoms with Crippen molar-refractivity contribution in [1.29, 1.82) is 0 Å². The highest BCUT2D eigenvalue weighted by molar-refractivity contribution is 6.09. The van der Waals surface area contributed by atoms with Gasteiger partial charge in [-0.3, -0.25) is 14.5 Å². The predicted octanol–water partition coefficient (Wildman–Crippen LogP) is 5.93. The van der Waals surface area contributed by atoms with E-state index < -0.39 is 0 Å². The van der Waals surface area contributed by atoms with Gasteiger partial charge in [-0.1, -0.05) is 54.1 Å². The number of hydrogen-bond donors (Lipinski definition) is 0. The summed E-state index contributed by atoms with van der Waals surface area (Å²) in [4.78, 5) is 32.8. The first kappa shape index (κ1) is 27.1. The van der Waals surface area contributed by atoms with Gasteiger partial charge in [-0.25, -0.2) is 0 Å². The Morgan fingerprint density at radius 2 is 1.62 bits per heavy atom. The van der Waals surface area contributed by atoms with E-state index in [1.165, 1.54) is 0 Å². The van der Waals surface area contributed by atoms with Crippen molar-refractivity contribution in [2.24, 2.45) is 0 Å². The molecule has 0 N–H and O–H groups in total. The number of benzene rings is 4. The van der Waals surface area contributed by atoms with Gasteiger partial charge in [0.25, 0.3) is 11.8 Å². The van der Waals surface area contributed by atoms with E-state index in [1.807, 2.05) is 103 Å². The maximum Gasteiger partial charge on any atom is 0.294 e. The van der Waals surface area contributed by atoms with E-state index in [0.717, 1.165) is 46.9 Å². The molecule has 0 aromatic heterocycles. The molecule has 212 valence electrons. The first-order chi connectivity index (χ1) is 20.5. The number of carbonyl (C=O) groups excluding carboxylic acids is 2. The molecule has 7 heteroatoms. The maximum absolute atomic E-state index is 13.6. The minimum atomic E-state index is -0.204. The predicted molar refractivity (Wildman–Crippen MR) is 165 cm³/mol. The molecule has 0 spiro atoms. The van der Waals surface area contributed by atoms with E-state index in [9.17, 15) is 9.59 Å². The summed E-state index contributed by atoms with van der Waals surface area (Å²) in [5.41, 5.74) is 5.47. The van der Waals surface area contributed by atoms with Crippen LogP contribution in [-0.4, -0.2) is 50.0 Å². The molecular weight excluding hydrogens is 526 g/mol. The van der Waals surface area contributed by atoms with Crippen LogP contribution in [0.5, 0.6) is 11.5 Å². The average molecular weight is 560 g/mol. The molecule has 1 saturated heterocycles. The van der Waals surface area contributed by atoms with Gasteiger partial charge in [-0.05, 0) is 72.7 Å². The molecule has 42 heavy (non-hydrogen) atoms. The van der Waals surface area contributed by atoms with Crippen LogP contribution < -0.4 is 19.3 Å². The summed E-state index contributed by atoms with van der Waals surface area (Å²) in [7, 11) is 1.66. The van der Waals surface area contributed by atoms with Gasteiger partial charge in [0.2, 0.25) is 0 Å². The third kappa shape index (κ3) is 5.72. The quantitative estimate of drug-likeness (QED) is 0.274. The number of piperazine rings is 1. The molecular formula is C35H33N3O4. The lowest BCUT2D eigenvalue weighted by Crippen LogP contribution is -2.48. The monoisotopic (exact) mass is 559 g/mol. The molecule has 0 bridgehead atoms. The van der Waals surface area contributed by atoms with Crippen LogP contribution in [0.15, 0.2) is 103 Å². The molecule has 2 amide bonds. The van der Waals surface area contributed by atoms with Gasteiger partial charge in [0.15, 0.2) is 11.5 Å². The van der Waals surface area contributed by atoms with Gasteiger partial charge in [0, 0.05) is 37.4 Å². The normalized spacial score (nSPS) is 15.8. The standard InChI is InChI=1S/C35H33N3O4/c1-25-6-5-7-27(22-25)24-38-31-8-3-4-9-32(31)42-33(35(38)40)23-26-10-12-28(13-11-26)34(39)37-20-18-36(19-21-37)29-14-16-30(41-2)17-15-29/h3-17,22-23H,18-21,24H2,1-2H3/b33-23+. The third-order valence-electron chi connectivity index (χ3n) is 7.71. The number of amides is 2. The van der Waals surface area contributed by atoms with Crippen LogP contribution in [-0.2, 0) is 11.3 Å². The molecule has 2 aliphatic heterocycles. The Morgan fingerprint density at radius 3 is 2.33 bits per heavy atom. The van der Waals surface area contributed by atoms with Gasteiger partial charge in [-0.15, -0.1) is 0 Å². The van der Waals surface area contributed by atoms with E-state index in [0.29, 0.717) is 30.9 Å². The van der Waals surface area contributed by atoms with Crippen LogP contribution in [0.4, 0.5) is 11.4 Å². The molecule has 1 fully saturated rings. The van der Waals surface area contributed by atoms with Crippen LogP contribution in [0.25, 0.3) is 6.08 Å². The van der Waals surface area contributed by atoms with Crippen LogP contribution in [0.1, 0.15) is 27.0 Å². The van der Waals surface area contributed by atoms with Gasteiger partial charge in [0.05, 0.1) is 19.3 Å². The second-order valence-corrected chi connectivity index (χ2v) is 10.6. The number of carbonyl (C=O) groups is 2. The summed E-state index contributed by atoms with van der Waals surface area (Å²) in [6, 6.07) is 31.1. The Kier molecular flexibility index (Phi) is 7.64. The lowest BCUT2D eigenvalue weighted by atomic mass is 10.1. The summed E-state index contributed by atoms with van der Waals surface area (Å²) < 4.78 is 11.3. The number of fused-ring (bicyclic) bond motifs is 1. The molecule has 4 aromatic carbocycles. The van der Waals surface area contributed by atoms with Gasteiger partial charge < -0.3 is 19.3 Å². The smallest absolute Gasteiger partial charge is 0.294 e. The highest BCUT2D eigenvalue weighted by Gasteiger charge is 2.30. The topological polar surface area (TPSA) is 62.3 Å². The summed E-state index contributed by atoms with van der Waals surface area (Å²) in [5.74, 6) is 1.51. The summed E-state index contributed by atoms with van der Waals surface area (Å²) >= 11 is 0. The summed E-state index contributed by atoms with van der Waals surface area (Å²) in [6.07, 6.45) is 1.74. The van der Waals surface area contributed by atoms with Crippen LogP contribution in [0.3, 0.4) is 0 Å². The molecule has 0 radical (unpaired) electrons. The molecule has 2 heterocycles. The molecule has 0 atom stereocenters. The number of anilines is 2. The van der Waals surface area contributed by atoms with Crippen LogP contribution >= 0.6 is 0 Å². The Hall–Kier alpha value is -5.04. The minimum Gasteiger partial charge on any atom is -0.497 e. The average Bonchev–Trinajstić information content (AvgIpc) is 3.03. The van der Waals surface area contributed by atoms with Crippen molar-refractivity contribution in [3.63, 3.8) is 0 Å². The Labute approximate surface area is 246 Å². The largest absolute Gasteiger partial charge is 0.497 e. The number of nitrogens with zero attached hydrogens (tertiary/aromatic N) is 3. The number of hydrogen-bond acceptors (Lipinski definition) is 5. The zero-order valence-electron chi connectivity index (χ0n) is 23.8. The maximum atomic E-state index is 13.6. The van der Waals surface area contributed by atoms with Crippen molar-refractivity contribution in [1.82, 2.24) is 4.90 Å². The van der Waals surface area contributed by atoms with Crippen molar-refractivity contribution in [3.05, 3.63) is 125 Å². The van der Waals surface area contributed by atoms with E-state index in [4.69, 9.17) is 9.47 Å². The summed E-state index contributed by atoms with van der Waals surface area (Å²) in [6.45, 7) is 5.31. The van der Waals surface area contributed by atoms with Gasteiger partial charge >= 0.3 is 0 Å². The Bertz CT molecular complexity index is 1620. The zero-order valence-corrected chi connectivity index (χ0v) is 23.8. The lowest BCUT2D eigenvalue weighted by Gasteiger charge is -2.36. The second kappa shape index (κ2) is 11.8. The first-order valence-electron chi connectivity index (χ1n) is 14.1. The van der Waals surface area contributed by atoms with Crippen molar-refractivity contribution in [2.45, 2.75) is 13.5 Å². The van der Waals surface area contributed by atoms with Crippen molar-refractivity contribution >= 4 is 29.3 Å². The second-order valence-electron chi connectivity index (χ2n) is 10.6. The van der Waals surface area contributed by atoms with Gasteiger partial charge in [-0.2, -0.15) is 0 Å². The fraction of sp³-hybridized carbons (Fsp3) is 0.200. The van der Waals surface area contributed by atoms with E-state index in [2.05, 4.69) is 11.0 Å². The number of para-hydroxylation sites is 2. The Morgan fingerprint density at radius 1 is 0.881 bits per heavy atom. The molecule has 7 nitrogen and oxygen atoms in total. The van der Waals surface area contributed by atoms with Crippen molar-refractivity contribution in [3.8, 4) is 11.5 Å². The number of ether oxygens (including phenoxy) is 2. The summed E-state index contributed by atoms with van der Waals surface area (Å²) in [5, 5.41) is 0. The fourth-order valence-electron chi connectivity index (χ4n) is 5.43. The molecule has 6 rings (SSSR count). The number of methoxy groups -OCH3 is 1. The third-order valence-corrected chi connectivity index (χ3v) is 7.71. The van der Waals surface area contributed by atoms with Crippen molar-refractivity contribution in [2.75, 3.05) is 43.1 Å². The first-order valence-corrected chi connectivity index (χ1v) is 14.1. The van der Waals surface area contributed by atoms with Gasteiger partial charge in [0.1, 0.15) is 5.75 Å². The fourth-order valence-corrected chi connectivity index (χ4v) is 5.43. The molecule has 2 aliphatic rings. The van der Waals surface area contributed by atoms with Crippen LogP contribution in [0.2, 0.25) is 0 Å². The van der Waals surface area contributed by atoms with Crippen molar-refractivity contribution < 1.29 is 19.1 Å². The zero-order chi connectivity index (χ0) is 29.1. The number of rotatable bonds is 6. The lowest BCUT2D eigenvalue weighted by molar-refractivity contribution is -0.117. The highest BCUT2D eigenvalue weighted by atomic mass is 16.5. The SMILES string of the molecule is COc1ccc(N2CCN(C(=O)c3ccc(/C=C4/Oc5ccccc5N(Cc5cccc(C)c5)C4=O)cc3)CC2)cc1. The Balaban J connectivity index is 1.14. The van der Waals surface area contributed by atoms with E-state index >= 15 is 0 Å². The number of aryl methyl sites for hydroxylation is 1. The molecule has 0 unspecified atom stereocenters. The van der Waals surface area contributed by atoms with E-state index in [1.54, 1.807) is 18.1 Å². The molecule has 0 aliphatic carbocycles. The van der Waals surface area contributed by atoms with Crippen LogP contribution in [0, 0.1) is 6.92 Å². The molecule has 0 saturated carbocycles.